The number of alkyl halides is 3. The quantitative estimate of drug-likeness (QED) is 0.195. The number of anilines is 1. The number of halogens is 7. The minimum atomic E-state index is -4.95. The molecule has 204 valence electrons. The molecular formula is C28H22ClF6N3O. The monoisotopic (exact) mass is 565 g/mol. The highest BCUT2D eigenvalue weighted by Gasteiger charge is 2.40. The second-order valence-corrected chi connectivity index (χ2v) is 8.84. The summed E-state index contributed by atoms with van der Waals surface area (Å²) in [5.74, 6) is -2.67. The maximum atomic E-state index is 14.8. The summed E-state index contributed by atoms with van der Waals surface area (Å²) < 4.78 is 84.2. The lowest BCUT2D eigenvalue weighted by molar-refractivity contribution is -0.137. The van der Waals surface area contributed by atoms with Crippen molar-refractivity contribution in [1.82, 2.24) is 5.32 Å². The van der Waals surface area contributed by atoms with Crippen LogP contribution in [0.3, 0.4) is 0 Å². The van der Waals surface area contributed by atoms with E-state index in [1.807, 2.05) is 0 Å². The third-order valence-electron chi connectivity index (χ3n) is 5.69. The van der Waals surface area contributed by atoms with Gasteiger partial charge in [0.2, 0.25) is 0 Å². The Hall–Kier alpha value is -4.18. The van der Waals surface area contributed by atoms with Crippen molar-refractivity contribution in [3.05, 3.63) is 136 Å². The molecule has 0 aromatic heterocycles. The Labute approximate surface area is 225 Å². The summed E-state index contributed by atoms with van der Waals surface area (Å²) in [7, 11) is 0. The van der Waals surface area contributed by atoms with Crippen LogP contribution in [0.15, 0.2) is 102 Å². The van der Waals surface area contributed by atoms with E-state index in [1.165, 1.54) is 42.5 Å². The van der Waals surface area contributed by atoms with Crippen LogP contribution >= 0.6 is 11.6 Å². The molecule has 2 amide bonds. The molecule has 0 aliphatic heterocycles. The first-order valence-electron chi connectivity index (χ1n) is 11.3. The van der Waals surface area contributed by atoms with E-state index in [-0.39, 0.29) is 27.9 Å². The van der Waals surface area contributed by atoms with Crippen molar-refractivity contribution in [2.24, 2.45) is 5.73 Å². The minimum Gasteiger partial charge on any atom is -0.403 e. The molecule has 3 aromatic carbocycles. The zero-order valence-electron chi connectivity index (χ0n) is 20.1. The average molecular weight is 566 g/mol. The van der Waals surface area contributed by atoms with Crippen molar-refractivity contribution in [2.45, 2.75) is 18.1 Å². The number of hydrogen-bond acceptors (Lipinski definition) is 2. The number of benzene rings is 3. The standard InChI is InChI=1S/C28H22ClF6N3O/c1-17(9-10-21(29)16-36)27(15-18-5-2-3-8-25(18)32,19-11-20(28(33,34)35)13-23(31)12-19)38-26(39)37-24-7-4-6-22(30)14-24/h2-14,16H,1,15,36H2,(H2,37,38,39)/b10-9-,21-16+/t27-/m1/s1. The Morgan fingerprint density at radius 3 is 2.26 bits per heavy atom. The fourth-order valence-corrected chi connectivity index (χ4v) is 3.89. The maximum absolute atomic E-state index is 14.8. The SMILES string of the molecule is C=C(/C=C\C(Cl)=C/N)[C@@](Cc1ccccc1F)(NC(=O)Nc1cccc(F)c1)c1cc(F)cc(C(F)(F)F)c1. The summed E-state index contributed by atoms with van der Waals surface area (Å²) in [6.45, 7) is 3.89. The van der Waals surface area contributed by atoms with Gasteiger partial charge in [-0.25, -0.2) is 18.0 Å². The van der Waals surface area contributed by atoms with E-state index in [9.17, 15) is 31.1 Å². The van der Waals surface area contributed by atoms with Gasteiger partial charge in [-0.3, -0.25) is 0 Å². The lowest BCUT2D eigenvalue weighted by Crippen LogP contribution is -2.50. The molecule has 0 saturated heterocycles. The van der Waals surface area contributed by atoms with Crippen LogP contribution in [-0.4, -0.2) is 6.03 Å². The van der Waals surface area contributed by atoms with Crippen LogP contribution in [0.1, 0.15) is 16.7 Å². The van der Waals surface area contributed by atoms with Gasteiger partial charge in [-0.2, -0.15) is 13.2 Å². The summed E-state index contributed by atoms with van der Waals surface area (Å²) in [5.41, 5.74) is 1.45. The Morgan fingerprint density at radius 2 is 1.62 bits per heavy atom. The summed E-state index contributed by atoms with van der Waals surface area (Å²) in [5, 5.41) is 4.91. The Balaban J connectivity index is 2.25. The molecule has 0 bridgehead atoms. The molecule has 0 unspecified atom stereocenters. The summed E-state index contributed by atoms with van der Waals surface area (Å²) in [6, 6.07) is 10.8. The molecule has 0 saturated carbocycles. The number of nitrogens with two attached hydrogens (primary N) is 1. The van der Waals surface area contributed by atoms with Gasteiger partial charge in [0.15, 0.2) is 0 Å². The first kappa shape index (κ1) is 29.4. The normalized spacial score (nSPS) is 13.7. The molecule has 0 aliphatic carbocycles. The van der Waals surface area contributed by atoms with Crippen LogP contribution in [-0.2, 0) is 18.1 Å². The number of carbonyl (C=O) groups is 1. The number of nitrogens with one attached hydrogen (secondary N) is 2. The van der Waals surface area contributed by atoms with Gasteiger partial charge in [0.1, 0.15) is 17.5 Å². The van der Waals surface area contributed by atoms with Gasteiger partial charge < -0.3 is 16.4 Å². The summed E-state index contributed by atoms with van der Waals surface area (Å²) in [4.78, 5) is 13.2. The van der Waals surface area contributed by atoms with Crippen molar-refractivity contribution < 1.29 is 31.1 Å². The fraction of sp³-hybridized carbons (Fsp3) is 0.107. The van der Waals surface area contributed by atoms with E-state index in [4.69, 9.17) is 17.3 Å². The predicted octanol–water partition coefficient (Wildman–Crippen LogP) is 7.53. The largest absolute Gasteiger partial charge is 0.416 e. The lowest BCUT2D eigenvalue weighted by atomic mass is 9.77. The van der Waals surface area contributed by atoms with Gasteiger partial charge in [-0.15, -0.1) is 0 Å². The molecule has 4 nitrogen and oxygen atoms in total. The van der Waals surface area contributed by atoms with Crippen molar-refractivity contribution >= 4 is 23.3 Å². The van der Waals surface area contributed by atoms with Crippen molar-refractivity contribution in [3.63, 3.8) is 0 Å². The van der Waals surface area contributed by atoms with Crippen LogP contribution < -0.4 is 16.4 Å². The van der Waals surface area contributed by atoms with Gasteiger partial charge in [0, 0.05) is 18.3 Å². The molecule has 3 rings (SSSR count). The van der Waals surface area contributed by atoms with E-state index in [0.29, 0.717) is 6.07 Å². The van der Waals surface area contributed by atoms with E-state index in [1.54, 1.807) is 0 Å². The molecule has 0 fully saturated rings. The molecular weight excluding hydrogens is 544 g/mol. The number of carbonyl (C=O) groups excluding carboxylic acids is 1. The zero-order valence-corrected chi connectivity index (χ0v) is 20.9. The van der Waals surface area contributed by atoms with E-state index in [2.05, 4.69) is 17.2 Å². The summed E-state index contributed by atoms with van der Waals surface area (Å²) >= 11 is 5.93. The first-order valence-corrected chi connectivity index (χ1v) is 11.6. The van der Waals surface area contributed by atoms with Gasteiger partial charge in [-0.05, 0) is 65.2 Å². The maximum Gasteiger partial charge on any atom is 0.416 e. The number of urea groups is 1. The van der Waals surface area contributed by atoms with Gasteiger partial charge in [0.05, 0.1) is 16.1 Å². The first-order chi connectivity index (χ1) is 18.3. The molecule has 39 heavy (non-hydrogen) atoms. The number of rotatable bonds is 8. The molecule has 0 aliphatic rings. The highest BCUT2D eigenvalue weighted by Crippen LogP contribution is 2.39. The van der Waals surface area contributed by atoms with Crippen molar-refractivity contribution in [3.8, 4) is 0 Å². The summed E-state index contributed by atoms with van der Waals surface area (Å²) in [6.07, 6.45) is -1.93. The van der Waals surface area contributed by atoms with Crippen LogP contribution in [0.5, 0.6) is 0 Å². The Bertz CT molecular complexity index is 1440. The number of amides is 2. The molecule has 0 heterocycles. The fourth-order valence-electron chi connectivity index (χ4n) is 3.83. The van der Waals surface area contributed by atoms with Gasteiger partial charge in [-0.1, -0.05) is 48.5 Å². The van der Waals surface area contributed by atoms with Crippen LogP contribution in [0, 0.1) is 17.5 Å². The molecule has 1 atom stereocenters. The smallest absolute Gasteiger partial charge is 0.403 e. The number of allylic oxidation sites excluding steroid dienone is 2. The van der Waals surface area contributed by atoms with Gasteiger partial charge >= 0.3 is 12.2 Å². The van der Waals surface area contributed by atoms with Crippen LogP contribution in [0.25, 0.3) is 0 Å². The van der Waals surface area contributed by atoms with Gasteiger partial charge in [0.25, 0.3) is 0 Å². The molecule has 11 heteroatoms. The Morgan fingerprint density at radius 1 is 0.923 bits per heavy atom. The molecule has 4 N–H and O–H groups in total. The highest BCUT2D eigenvalue weighted by atomic mass is 35.5. The molecule has 3 aromatic rings. The lowest BCUT2D eigenvalue weighted by Gasteiger charge is -2.37. The third kappa shape index (κ3) is 7.44. The predicted molar refractivity (Wildman–Crippen MR) is 138 cm³/mol. The van der Waals surface area contributed by atoms with Crippen LogP contribution in [0.4, 0.5) is 36.8 Å². The topological polar surface area (TPSA) is 67.1 Å². The van der Waals surface area contributed by atoms with E-state index >= 15 is 0 Å². The van der Waals surface area contributed by atoms with E-state index in [0.717, 1.165) is 30.5 Å². The van der Waals surface area contributed by atoms with Crippen LogP contribution in [0.2, 0.25) is 0 Å². The van der Waals surface area contributed by atoms with Crippen molar-refractivity contribution in [2.75, 3.05) is 5.32 Å². The molecule has 0 spiro atoms. The zero-order chi connectivity index (χ0) is 28.8. The third-order valence-corrected chi connectivity index (χ3v) is 5.94. The minimum absolute atomic E-state index is 0.00961. The second kappa shape index (κ2) is 12.1. The number of hydrogen-bond donors (Lipinski definition) is 3. The average Bonchev–Trinajstić information content (AvgIpc) is 2.86. The van der Waals surface area contributed by atoms with E-state index < -0.39 is 52.7 Å². The van der Waals surface area contributed by atoms with Crippen molar-refractivity contribution in [1.29, 1.82) is 0 Å². The second-order valence-electron chi connectivity index (χ2n) is 8.40. The Kier molecular flexibility index (Phi) is 9.13. The molecule has 0 radical (unpaired) electrons. The highest BCUT2D eigenvalue weighted by molar-refractivity contribution is 6.31.